The highest BCUT2D eigenvalue weighted by molar-refractivity contribution is 7.17. The Morgan fingerprint density at radius 1 is 1.04 bits per heavy atom. The molecule has 4 heterocycles. The number of hydrogen-bond acceptors (Lipinski definition) is 7. The molecule has 9 heteroatoms. The highest BCUT2D eigenvalue weighted by Gasteiger charge is 2.24. The maximum absolute atomic E-state index is 12.5. The van der Waals surface area contributed by atoms with Crippen molar-refractivity contribution in [3.05, 3.63) is 57.4 Å². The maximum atomic E-state index is 12.5. The van der Waals surface area contributed by atoms with E-state index in [0.717, 1.165) is 17.2 Å². The molecule has 0 aromatic carbocycles. The molecule has 0 bridgehead atoms. The third-order valence-corrected chi connectivity index (χ3v) is 5.71. The highest BCUT2D eigenvalue weighted by atomic mass is 35.5. The van der Waals surface area contributed by atoms with E-state index < -0.39 is 0 Å². The van der Waals surface area contributed by atoms with Gasteiger partial charge in [-0.2, -0.15) is 0 Å². The number of carbonyl (C=O) groups is 1. The number of anilines is 3. The zero-order chi connectivity index (χ0) is 19.5. The molecule has 1 aliphatic heterocycles. The van der Waals surface area contributed by atoms with E-state index in [1.54, 1.807) is 18.3 Å². The van der Waals surface area contributed by atoms with Gasteiger partial charge in [0, 0.05) is 32.4 Å². The molecule has 28 heavy (non-hydrogen) atoms. The Morgan fingerprint density at radius 3 is 2.43 bits per heavy atom. The standard InChI is InChI=1S/C19H19ClN6OS/c1-13-2-5-16(21-12-13)22-17-6-7-18(24-23-17)25-8-10-26(11-9-25)19(27)14-3-4-15(20)28-14/h2-7,12H,8-11H2,1H3,(H,21,22,23). The first-order valence-corrected chi connectivity index (χ1v) is 10.1. The van der Waals surface area contributed by atoms with Gasteiger partial charge in [0.2, 0.25) is 0 Å². The van der Waals surface area contributed by atoms with Crippen LogP contribution in [0.3, 0.4) is 0 Å². The minimum absolute atomic E-state index is 0.0350. The number of nitrogens with zero attached hydrogens (tertiary/aromatic N) is 5. The lowest BCUT2D eigenvalue weighted by Gasteiger charge is -2.35. The summed E-state index contributed by atoms with van der Waals surface area (Å²) in [6.07, 6.45) is 1.80. The van der Waals surface area contributed by atoms with Gasteiger partial charge in [0.15, 0.2) is 11.6 Å². The summed E-state index contributed by atoms with van der Waals surface area (Å²) in [7, 11) is 0. The number of aryl methyl sites for hydroxylation is 1. The molecule has 1 aliphatic rings. The van der Waals surface area contributed by atoms with Crippen LogP contribution in [0.1, 0.15) is 15.2 Å². The molecule has 1 fully saturated rings. The predicted octanol–water partition coefficient (Wildman–Crippen LogP) is 3.60. The number of halogens is 1. The fraction of sp³-hybridized carbons (Fsp3) is 0.263. The molecule has 144 valence electrons. The molecule has 3 aromatic heterocycles. The normalized spacial score (nSPS) is 14.2. The number of thiophene rings is 1. The Balaban J connectivity index is 1.34. The van der Waals surface area contributed by atoms with E-state index in [9.17, 15) is 4.79 Å². The van der Waals surface area contributed by atoms with Gasteiger partial charge < -0.3 is 15.1 Å². The van der Waals surface area contributed by atoms with Crippen LogP contribution in [0.5, 0.6) is 0 Å². The summed E-state index contributed by atoms with van der Waals surface area (Å²) in [5.41, 5.74) is 1.10. The van der Waals surface area contributed by atoms with Gasteiger partial charge in [-0.3, -0.25) is 4.79 Å². The third kappa shape index (κ3) is 4.23. The van der Waals surface area contributed by atoms with Gasteiger partial charge in [0.05, 0.1) is 9.21 Å². The van der Waals surface area contributed by atoms with E-state index in [-0.39, 0.29) is 5.91 Å². The van der Waals surface area contributed by atoms with Crippen molar-refractivity contribution in [3.63, 3.8) is 0 Å². The molecule has 1 N–H and O–H groups in total. The molecule has 7 nitrogen and oxygen atoms in total. The number of nitrogens with one attached hydrogen (secondary N) is 1. The van der Waals surface area contributed by atoms with E-state index in [1.807, 2.05) is 36.1 Å². The first kappa shape index (κ1) is 18.6. The summed E-state index contributed by atoms with van der Waals surface area (Å²) < 4.78 is 0.631. The number of rotatable bonds is 4. The fourth-order valence-corrected chi connectivity index (χ4v) is 3.97. The van der Waals surface area contributed by atoms with Gasteiger partial charge in [0.25, 0.3) is 5.91 Å². The molecular formula is C19H19ClN6OS. The number of piperazine rings is 1. The van der Waals surface area contributed by atoms with Gasteiger partial charge in [-0.25, -0.2) is 4.98 Å². The predicted molar refractivity (Wildman–Crippen MR) is 112 cm³/mol. The van der Waals surface area contributed by atoms with E-state index >= 15 is 0 Å². The van der Waals surface area contributed by atoms with Crippen LogP contribution >= 0.6 is 22.9 Å². The zero-order valence-corrected chi connectivity index (χ0v) is 16.9. The number of pyridine rings is 1. The second kappa shape index (κ2) is 8.12. The summed E-state index contributed by atoms with van der Waals surface area (Å²) >= 11 is 7.25. The number of amides is 1. The average Bonchev–Trinajstić information content (AvgIpc) is 3.16. The van der Waals surface area contributed by atoms with Gasteiger partial charge in [-0.05, 0) is 42.8 Å². The minimum Gasteiger partial charge on any atom is -0.352 e. The molecule has 0 atom stereocenters. The van der Waals surface area contributed by atoms with Gasteiger partial charge in [-0.15, -0.1) is 21.5 Å². The summed E-state index contributed by atoms with van der Waals surface area (Å²) in [5, 5.41) is 11.7. The lowest BCUT2D eigenvalue weighted by Crippen LogP contribution is -2.48. The monoisotopic (exact) mass is 414 g/mol. The SMILES string of the molecule is Cc1ccc(Nc2ccc(N3CCN(C(=O)c4ccc(Cl)s4)CC3)nn2)nc1. The van der Waals surface area contributed by atoms with Crippen molar-refractivity contribution in [2.75, 3.05) is 36.4 Å². The Morgan fingerprint density at radius 2 is 1.82 bits per heavy atom. The molecule has 3 aromatic rings. The van der Waals surface area contributed by atoms with Crippen molar-refractivity contribution in [1.29, 1.82) is 0 Å². The molecule has 0 radical (unpaired) electrons. The van der Waals surface area contributed by atoms with Crippen LogP contribution in [0.4, 0.5) is 17.5 Å². The Bertz CT molecular complexity index is 951. The quantitative estimate of drug-likeness (QED) is 0.703. The summed E-state index contributed by atoms with van der Waals surface area (Å²) in [4.78, 5) is 21.5. The van der Waals surface area contributed by atoms with Crippen molar-refractivity contribution >= 4 is 46.3 Å². The molecule has 1 amide bonds. The zero-order valence-electron chi connectivity index (χ0n) is 15.3. The van der Waals surface area contributed by atoms with Crippen molar-refractivity contribution in [3.8, 4) is 0 Å². The lowest BCUT2D eigenvalue weighted by molar-refractivity contribution is 0.0751. The van der Waals surface area contributed by atoms with Crippen LogP contribution in [0.2, 0.25) is 4.34 Å². The smallest absolute Gasteiger partial charge is 0.264 e. The van der Waals surface area contributed by atoms with Crippen LogP contribution in [0, 0.1) is 6.92 Å². The summed E-state index contributed by atoms with van der Waals surface area (Å²) in [6.45, 7) is 4.71. The van der Waals surface area contributed by atoms with Crippen LogP contribution in [-0.4, -0.2) is 52.2 Å². The molecule has 0 unspecified atom stereocenters. The lowest BCUT2D eigenvalue weighted by atomic mass is 10.3. The first-order valence-electron chi connectivity index (χ1n) is 8.91. The number of aromatic nitrogens is 3. The Hall–Kier alpha value is -2.71. The highest BCUT2D eigenvalue weighted by Crippen LogP contribution is 2.24. The Labute approximate surface area is 172 Å². The van der Waals surface area contributed by atoms with Crippen LogP contribution in [0.25, 0.3) is 0 Å². The second-order valence-corrected chi connectivity index (χ2v) is 8.22. The largest absolute Gasteiger partial charge is 0.352 e. The van der Waals surface area contributed by atoms with Crippen molar-refractivity contribution in [2.45, 2.75) is 6.92 Å². The van der Waals surface area contributed by atoms with Gasteiger partial charge in [-0.1, -0.05) is 17.7 Å². The number of carbonyl (C=O) groups excluding carboxylic acids is 1. The average molecular weight is 415 g/mol. The fourth-order valence-electron chi connectivity index (χ4n) is 2.96. The minimum atomic E-state index is 0.0350. The van der Waals surface area contributed by atoms with Crippen LogP contribution in [0.15, 0.2) is 42.6 Å². The summed E-state index contributed by atoms with van der Waals surface area (Å²) in [5.74, 6) is 2.21. The van der Waals surface area contributed by atoms with E-state index in [4.69, 9.17) is 11.6 Å². The second-order valence-electron chi connectivity index (χ2n) is 6.51. The van der Waals surface area contributed by atoms with Gasteiger partial charge >= 0.3 is 0 Å². The topological polar surface area (TPSA) is 74.2 Å². The van der Waals surface area contributed by atoms with Crippen LogP contribution in [-0.2, 0) is 0 Å². The maximum Gasteiger partial charge on any atom is 0.264 e. The van der Waals surface area contributed by atoms with Crippen LogP contribution < -0.4 is 10.2 Å². The molecule has 1 saturated heterocycles. The Kier molecular flexibility index (Phi) is 5.40. The van der Waals surface area contributed by atoms with E-state index in [2.05, 4.69) is 25.4 Å². The van der Waals surface area contributed by atoms with Crippen molar-refractivity contribution in [1.82, 2.24) is 20.1 Å². The number of hydrogen-bond donors (Lipinski definition) is 1. The molecular weight excluding hydrogens is 396 g/mol. The van der Waals surface area contributed by atoms with Crippen molar-refractivity contribution < 1.29 is 4.79 Å². The summed E-state index contributed by atoms with van der Waals surface area (Å²) in [6, 6.07) is 11.2. The molecule has 0 spiro atoms. The molecule has 0 saturated carbocycles. The van der Waals surface area contributed by atoms with E-state index in [1.165, 1.54) is 11.3 Å². The van der Waals surface area contributed by atoms with Crippen molar-refractivity contribution in [2.24, 2.45) is 0 Å². The van der Waals surface area contributed by atoms with Gasteiger partial charge in [0.1, 0.15) is 5.82 Å². The third-order valence-electron chi connectivity index (χ3n) is 4.49. The van der Waals surface area contributed by atoms with E-state index in [0.29, 0.717) is 41.2 Å². The molecule has 0 aliphatic carbocycles. The first-order chi connectivity index (χ1) is 13.6. The molecule has 4 rings (SSSR count).